The highest BCUT2D eigenvalue weighted by Gasteiger charge is 2.26. The number of aryl methyl sites for hydroxylation is 2. The monoisotopic (exact) mass is 439 g/mol. The summed E-state index contributed by atoms with van der Waals surface area (Å²) in [6.07, 6.45) is 6.87. The molecule has 0 bridgehead atoms. The van der Waals surface area contributed by atoms with Gasteiger partial charge in [0.15, 0.2) is 5.16 Å². The minimum absolute atomic E-state index is 0.0268. The fourth-order valence-corrected chi connectivity index (χ4v) is 5.45. The van der Waals surface area contributed by atoms with E-state index in [0.717, 1.165) is 55.0 Å². The van der Waals surface area contributed by atoms with Crippen molar-refractivity contribution in [1.29, 1.82) is 0 Å². The quantitative estimate of drug-likeness (QED) is 0.536. The smallest absolute Gasteiger partial charge is 0.234 e. The van der Waals surface area contributed by atoms with Crippen LogP contribution in [0.2, 0.25) is 0 Å². The van der Waals surface area contributed by atoms with Gasteiger partial charge in [0.05, 0.1) is 17.1 Å². The molecule has 166 valence electrons. The van der Waals surface area contributed by atoms with Crippen LogP contribution < -0.4 is 10.2 Å². The molecule has 0 unspecified atom stereocenters. The van der Waals surface area contributed by atoms with Crippen LogP contribution in [0.3, 0.4) is 0 Å². The third kappa shape index (κ3) is 5.98. The maximum atomic E-state index is 12.6. The molecule has 0 atom stereocenters. The summed E-state index contributed by atoms with van der Waals surface area (Å²) in [4.78, 5) is 26.5. The van der Waals surface area contributed by atoms with Crippen molar-refractivity contribution in [2.75, 3.05) is 42.1 Å². The molecule has 1 aliphatic heterocycles. The molecule has 2 aromatic rings. The van der Waals surface area contributed by atoms with Gasteiger partial charge in [0.2, 0.25) is 5.91 Å². The van der Waals surface area contributed by atoms with Gasteiger partial charge >= 0.3 is 0 Å². The zero-order chi connectivity index (χ0) is 21.6. The van der Waals surface area contributed by atoms with E-state index >= 15 is 0 Å². The van der Waals surface area contributed by atoms with Crippen LogP contribution in [-0.2, 0) is 4.79 Å². The first kappa shape index (κ1) is 22.1. The van der Waals surface area contributed by atoms with Crippen LogP contribution in [0.15, 0.2) is 35.5 Å². The van der Waals surface area contributed by atoms with Gasteiger partial charge in [-0.1, -0.05) is 43.2 Å². The van der Waals surface area contributed by atoms with Gasteiger partial charge in [0.25, 0.3) is 0 Å². The van der Waals surface area contributed by atoms with Gasteiger partial charge in [-0.25, -0.2) is 9.97 Å². The summed E-state index contributed by atoms with van der Waals surface area (Å²) in [5.74, 6) is 0.271. The van der Waals surface area contributed by atoms with Crippen molar-refractivity contribution < 1.29 is 4.79 Å². The van der Waals surface area contributed by atoms with Crippen molar-refractivity contribution in [3.8, 4) is 0 Å². The lowest BCUT2D eigenvalue weighted by atomic mass is 9.94. The summed E-state index contributed by atoms with van der Waals surface area (Å²) in [7, 11) is 0. The highest BCUT2D eigenvalue weighted by Crippen LogP contribution is 2.29. The van der Waals surface area contributed by atoms with Crippen LogP contribution in [0.1, 0.15) is 43.5 Å². The van der Waals surface area contributed by atoms with E-state index in [-0.39, 0.29) is 5.91 Å². The van der Waals surface area contributed by atoms with Gasteiger partial charge in [0, 0.05) is 43.6 Å². The first-order valence-corrected chi connectivity index (χ1v) is 12.4. The summed E-state index contributed by atoms with van der Waals surface area (Å²) in [6.45, 7) is 8.12. The van der Waals surface area contributed by atoms with Gasteiger partial charge < -0.3 is 10.2 Å². The third-order valence-electron chi connectivity index (χ3n) is 6.22. The molecule has 2 heterocycles. The van der Waals surface area contributed by atoms with E-state index in [2.05, 4.69) is 37.2 Å². The number of anilines is 2. The van der Waals surface area contributed by atoms with Gasteiger partial charge in [-0.15, -0.1) is 0 Å². The number of nitrogens with one attached hydrogen (secondary N) is 1. The summed E-state index contributed by atoms with van der Waals surface area (Å²) in [5, 5.41) is 3.76. The number of thioether (sulfide) groups is 1. The van der Waals surface area contributed by atoms with Crippen LogP contribution in [0, 0.1) is 13.8 Å². The molecule has 0 spiro atoms. The lowest BCUT2D eigenvalue weighted by Gasteiger charge is -2.42. The van der Waals surface area contributed by atoms with E-state index < -0.39 is 0 Å². The number of amides is 1. The number of carbonyl (C=O) groups excluding carboxylic acids is 1. The van der Waals surface area contributed by atoms with Crippen LogP contribution in [0.25, 0.3) is 0 Å². The Hall–Kier alpha value is -2.12. The Bertz CT molecular complexity index is 871. The molecule has 7 heteroatoms. The third-order valence-corrected chi connectivity index (χ3v) is 7.07. The molecular formula is C24H33N5OS. The molecule has 1 aromatic carbocycles. The minimum atomic E-state index is -0.0268. The number of aromatic nitrogens is 2. The Morgan fingerprint density at radius 3 is 2.42 bits per heavy atom. The largest absolute Gasteiger partial charge is 0.367 e. The summed E-state index contributed by atoms with van der Waals surface area (Å²) in [5.41, 5.74) is 3.86. The second-order valence-corrected chi connectivity index (χ2v) is 9.54. The molecule has 1 aliphatic carbocycles. The number of nitrogens with zero attached hydrogens (tertiary/aromatic N) is 4. The molecule has 1 amide bonds. The highest BCUT2D eigenvalue weighted by molar-refractivity contribution is 7.99. The Labute approximate surface area is 189 Å². The molecule has 4 rings (SSSR count). The number of para-hydroxylation sites is 2. The van der Waals surface area contributed by atoms with Crippen LogP contribution in [-0.4, -0.2) is 58.7 Å². The zero-order valence-corrected chi connectivity index (χ0v) is 19.5. The van der Waals surface area contributed by atoms with Gasteiger partial charge in [-0.2, -0.15) is 0 Å². The van der Waals surface area contributed by atoms with Gasteiger partial charge in [-0.05, 0) is 44.9 Å². The van der Waals surface area contributed by atoms with Crippen LogP contribution in [0.4, 0.5) is 11.4 Å². The topological polar surface area (TPSA) is 61.4 Å². The summed E-state index contributed by atoms with van der Waals surface area (Å²) >= 11 is 1.38. The van der Waals surface area contributed by atoms with Crippen molar-refractivity contribution in [3.05, 3.63) is 41.7 Å². The number of carbonyl (C=O) groups is 1. The average molecular weight is 440 g/mol. The minimum Gasteiger partial charge on any atom is -0.367 e. The molecule has 1 aromatic heterocycles. The number of rotatable bonds is 6. The SMILES string of the molecule is Cc1cc(C)nc(SCC(=O)Nc2ccccc2N2CCN(C3CCCCC3)CC2)n1. The lowest BCUT2D eigenvalue weighted by molar-refractivity contribution is -0.113. The highest BCUT2D eigenvalue weighted by atomic mass is 32.2. The van der Waals surface area contributed by atoms with Gasteiger partial charge in [-0.3, -0.25) is 9.69 Å². The molecule has 1 saturated carbocycles. The number of hydrogen-bond acceptors (Lipinski definition) is 6. The normalized spacial score (nSPS) is 18.2. The average Bonchev–Trinajstić information content (AvgIpc) is 2.78. The molecule has 31 heavy (non-hydrogen) atoms. The van der Waals surface area contributed by atoms with Crippen molar-refractivity contribution in [1.82, 2.24) is 14.9 Å². The van der Waals surface area contributed by atoms with Crippen molar-refractivity contribution in [2.45, 2.75) is 57.1 Å². The number of piperazine rings is 1. The van der Waals surface area contributed by atoms with Crippen LogP contribution >= 0.6 is 11.8 Å². The second-order valence-electron chi connectivity index (χ2n) is 8.60. The first-order chi connectivity index (χ1) is 15.1. The molecule has 6 nitrogen and oxygen atoms in total. The Kier molecular flexibility index (Phi) is 7.45. The van der Waals surface area contributed by atoms with E-state index in [4.69, 9.17) is 0 Å². The van der Waals surface area contributed by atoms with Crippen molar-refractivity contribution >= 4 is 29.0 Å². The summed E-state index contributed by atoms with van der Waals surface area (Å²) in [6, 6.07) is 10.9. The van der Waals surface area contributed by atoms with E-state index in [1.165, 1.54) is 43.9 Å². The van der Waals surface area contributed by atoms with E-state index in [9.17, 15) is 4.79 Å². The number of benzene rings is 1. The maximum absolute atomic E-state index is 12.6. The molecule has 0 radical (unpaired) electrons. The Morgan fingerprint density at radius 2 is 1.71 bits per heavy atom. The second kappa shape index (κ2) is 10.5. The van der Waals surface area contributed by atoms with Crippen LogP contribution in [0.5, 0.6) is 0 Å². The Balaban J connectivity index is 1.33. The Morgan fingerprint density at radius 1 is 1.03 bits per heavy atom. The molecule has 1 N–H and O–H groups in total. The predicted molar refractivity (Wildman–Crippen MR) is 128 cm³/mol. The van der Waals surface area contributed by atoms with Crippen molar-refractivity contribution in [3.63, 3.8) is 0 Å². The zero-order valence-electron chi connectivity index (χ0n) is 18.6. The number of hydrogen-bond donors (Lipinski definition) is 1. The first-order valence-electron chi connectivity index (χ1n) is 11.4. The maximum Gasteiger partial charge on any atom is 0.234 e. The van der Waals surface area contributed by atoms with E-state index in [0.29, 0.717) is 10.9 Å². The summed E-state index contributed by atoms with van der Waals surface area (Å²) < 4.78 is 0. The van der Waals surface area contributed by atoms with Crippen molar-refractivity contribution in [2.24, 2.45) is 0 Å². The predicted octanol–water partition coefficient (Wildman–Crippen LogP) is 4.28. The molecule has 2 aliphatic rings. The van der Waals surface area contributed by atoms with E-state index in [1.807, 2.05) is 32.0 Å². The molecule has 1 saturated heterocycles. The lowest BCUT2D eigenvalue weighted by Crippen LogP contribution is -2.51. The van der Waals surface area contributed by atoms with Gasteiger partial charge in [0.1, 0.15) is 0 Å². The standard InChI is InChI=1S/C24H33N5OS/c1-18-16-19(2)26-24(25-18)31-17-23(30)27-21-10-6-7-11-22(21)29-14-12-28(13-15-29)20-8-4-3-5-9-20/h6-7,10-11,16,20H,3-5,8-9,12-15,17H2,1-2H3,(H,27,30). The fraction of sp³-hybridized carbons (Fsp3) is 0.542. The van der Waals surface area contributed by atoms with E-state index in [1.54, 1.807) is 0 Å². The fourth-order valence-electron chi connectivity index (χ4n) is 4.70. The molecule has 2 fully saturated rings. The molecular weight excluding hydrogens is 406 g/mol.